The molecule has 1 aromatic carbocycles. The molecule has 5 nitrogen and oxygen atoms in total. The van der Waals surface area contributed by atoms with E-state index in [0.29, 0.717) is 12.0 Å². The fourth-order valence-electron chi connectivity index (χ4n) is 3.06. The molecule has 3 rings (SSSR count). The van der Waals surface area contributed by atoms with Crippen LogP contribution in [-0.4, -0.2) is 37.4 Å². The van der Waals surface area contributed by atoms with Crippen molar-refractivity contribution < 1.29 is 14.7 Å². The molecule has 23 heavy (non-hydrogen) atoms. The van der Waals surface area contributed by atoms with Gasteiger partial charge in [0, 0.05) is 24.1 Å². The van der Waals surface area contributed by atoms with Crippen LogP contribution in [0.25, 0.3) is 0 Å². The molecule has 0 aliphatic carbocycles. The van der Waals surface area contributed by atoms with Crippen LogP contribution in [0.2, 0.25) is 0 Å². The predicted octanol–water partition coefficient (Wildman–Crippen LogP) is 1.93. The number of aldehydes is 1. The maximum Gasteiger partial charge on any atom is 0.164 e. The number of hydrogen-bond donors (Lipinski definition) is 1. The van der Waals surface area contributed by atoms with E-state index < -0.39 is 22.8 Å². The summed E-state index contributed by atoms with van der Waals surface area (Å²) in [5, 5.41) is 10.3. The minimum atomic E-state index is -1.20. The molecule has 120 valence electrons. The molecular weight excluding hydrogens is 312 g/mol. The number of thioether (sulfide) groups is 1. The second-order valence-electron chi connectivity index (χ2n) is 5.86. The first kappa shape index (κ1) is 16.0. The number of aromatic nitrogens is 2. The summed E-state index contributed by atoms with van der Waals surface area (Å²) in [4.78, 5) is 27.4. The van der Waals surface area contributed by atoms with E-state index in [1.807, 2.05) is 30.3 Å². The summed E-state index contributed by atoms with van der Waals surface area (Å²) in [5.74, 6) is -0.848. The molecule has 1 aromatic heterocycles. The van der Waals surface area contributed by atoms with Crippen LogP contribution >= 0.6 is 11.8 Å². The minimum absolute atomic E-state index is 0.0726. The third-order valence-electron chi connectivity index (χ3n) is 4.33. The number of hydrogen-bond acceptors (Lipinski definition) is 5. The molecule has 0 bridgehead atoms. The van der Waals surface area contributed by atoms with Crippen LogP contribution in [0.3, 0.4) is 0 Å². The first-order chi connectivity index (χ1) is 11.0. The standard InChI is InChI=1S/C17H18N2O3S/c1-17(22)14(9-20)13(10-23-17)16(21)15(19-8-7-18-11-19)12-5-3-2-4-6-12/h2-9,11,13-15,22H,10H2,1H3. The van der Waals surface area contributed by atoms with Crippen molar-refractivity contribution in [1.29, 1.82) is 0 Å². The molecule has 0 radical (unpaired) electrons. The van der Waals surface area contributed by atoms with E-state index >= 15 is 0 Å². The molecule has 1 fully saturated rings. The van der Waals surface area contributed by atoms with E-state index in [0.717, 1.165) is 5.56 Å². The molecule has 4 atom stereocenters. The predicted molar refractivity (Wildman–Crippen MR) is 87.9 cm³/mol. The van der Waals surface area contributed by atoms with Crippen molar-refractivity contribution in [2.24, 2.45) is 11.8 Å². The zero-order valence-corrected chi connectivity index (χ0v) is 13.5. The summed E-state index contributed by atoms with van der Waals surface area (Å²) in [6, 6.07) is 8.88. The van der Waals surface area contributed by atoms with Crippen molar-refractivity contribution in [1.82, 2.24) is 9.55 Å². The Morgan fingerprint density at radius 1 is 1.48 bits per heavy atom. The number of carbonyl (C=O) groups is 2. The summed E-state index contributed by atoms with van der Waals surface area (Å²) < 4.78 is 1.75. The molecular formula is C17H18N2O3S. The summed E-state index contributed by atoms with van der Waals surface area (Å²) in [6.45, 7) is 1.60. The lowest BCUT2D eigenvalue weighted by atomic mass is 9.83. The van der Waals surface area contributed by atoms with Crippen LogP contribution < -0.4 is 0 Å². The van der Waals surface area contributed by atoms with Crippen molar-refractivity contribution in [3.63, 3.8) is 0 Å². The van der Waals surface area contributed by atoms with Crippen LogP contribution in [-0.2, 0) is 9.59 Å². The minimum Gasteiger partial charge on any atom is -0.379 e. The molecule has 6 heteroatoms. The molecule has 4 unspecified atom stereocenters. The van der Waals surface area contributed by atoms with Gasteiger partial charge in [0.2, 0.25) is 0 Å². The van der Waals surface area contributed by atoms with Crippen molar-refractivity contribution >= 4 is 23.8 Å². The van der Waals surface area contributed by atoms with Gasteiger partial charge in [0.05, 0.1) is 12.2 Å². The van der Waals surface area contributed by atoms with Gasteiger partial charge in [-0.1, -0.05) is 30.3 Å². The second-order valence-corrected chi connectivity index (χ2v) is 7.31. The molecule has 2 aromatic rings. The van der Waals surface area contributed by atoms with Crippen molar-refractivity contribution in [2.45, 2.75) is 17.9 Å². The molecule has 0 amide bonds. The molecule has 1 aliphatic heterocycles. The van der Waals surface area contributed by atoms with Crippen molar-refractivity contribution in [3.05, 3.63) is 54.6 Å². The van der Waals surface area contributed by atoms with E-state index in [2.05, 4.69) is 4.98 Å². The molecule has 0 saturated carbocycles. The lowest BCUT2D eigenvalue weighted by Crippen LogP contribution is -2.37. The van der Waals surface area contributed by atoms with Crippen LogP contribution in [0.4, 0.5) is 0 Å². The number of imidazole rings is 1. The van der Waals surface area contributed by atoms with Gasteiger partial charge in [0.15, 0.2) is 5.78 Å². The topological polar surface area (TPSA) is 72.2 Å². The fraction of sp³-hybridized carbons (Fsp3) is 0.353. The Labute approximate surface area is 138 Å². The van der Waals surface area contributed by atoms with Crippen molar-refractivity contribution in [2.75, 3.05) is 5.75 Å². The molecule has 2 heterocycles. The Balaban J connectivity index is 1.98. The van der Waals surface area contributed by atoms with Gasteiger partial charge in [-0.2, -0.15) is 0 Å². The van der Waals surface area contributed by atoms with Gasteiger partial charge in [-0.25, -0.2) is 4.98 Å². The second kappa shape index (κ2) is 6.29. The monoisotopic (exact) mass is 330 g/mol. The number of ketones is 1. The molecule has 1 N–H and O–H groups in total. The maximum absolute atomic E-state index is 13.2. The van der Waals surface area contributed by atoms with Crippen LogP contribution in [0.5, 0.6) is 0 Å². The van der Waals surface area contributed by atoms with E-state index in [1.165, 1.54) is 11.8 Å². The fourth-order valence-corrected chi connectivity index (χ4v) is 4.36. The first-order valence-corrected chi connectivity index (χ1v) is 8.41. The summed E-state index contributed by atoms with van der Waals surface area (Å²) in [7, 11) is 0. The Morgan fingerprint density at radius 3 is 2.83 bits per heavy atom. The van der Waals surface area contributed by atoms with Crippen LogP contribution in [0.15, 0.2) is 49.1 Å². The smallest absolute Gasteiger partial charge is 0.164 e. The van der Waals surface area contributed by atoms with Gasteiger partial charge in [-0.05, 0) is 12.5 Å². The number of benzene rings is 1. The molecule has 1 aliphatic rings. The number of rotatable bonds is 5. The number of aliphatic hydroxyl groups is 1. The Morgan fingerprint density at radius 2 is 2.22 bits per heavy atom. The summed E-state index contributed by atoms with van der Waals surface area (Å²) in [5.41, 5.74) is 0.844. The van der Waals surface area contributed by atoms with Gasteiger partial charge >= 0.3 is 0 Å². The van der Waals surface area contributed by atoms with Crippen LogP contribution in [0.1, 0.15) is 18.5 Å². The number of carbonyl (C=O) groups excluding carboxylic acids is 2. The highest BCUT2D eigenvalue weighted by molar-refractivity contribution is 8.00. The van der Waals surface area contributed by atoms with Gasteiger partial charge < -0.3 is 14.5 Å². The zero-order chi connectivity index (χ0) is 16.4. The van der Waals surface area contributed by atoms with E-state index in [1.54, 1.807) is 30.2 Å². The highest BCUT2D eigenvalue weighted by Gasteiger charge is 2.49. The maximum atomic E-state index is 13.2. The third-order valence-corrected chi connectivity index (χ3v) is 5.71. The normalized spacial score (nSPS) is 28.4. The molecule has 0 spiro atoms. The highest BCUT2D eigenvalue weighted by atomic mass is 32.2. The zero-order valence-electron chi connectivity index (χ0n) is 12.7. The third kappa shape index (κ3) is 2.96. The van der Waals surface area contributed by atoms with Crippen molar-refractivity contribution in [3.8, 4) is 0 Å². The van der Waals surface area contributed by atoms with Gasteiger partial charge in [0.25, 0.3) is 0 Å². The van der Waals surface area contributed by atoms with E-state index in [-0.39, 0.29) is 5.78 Å². The Hall–Kier alpha value is -1.92. The first-order valence-electron chi connectivity index (χ1n) is 7.42. The lowest BCUT2D eigenvalue weighted by Gasteiger charge is -2.26. The van der Waals surface area contributed by atoms with E-state index in [4.69, 9.17) is 0 Å². The number of nitrogens with zero attached hydrogens (tertiary/aromatic N) is 2. The SMILES string of the molecule is CC1(O)SCC(C(=O)C(c2ccccc2)n2ccnc2)C1C=O. The summed E-state index contributed by atoms with van der Waals surface area (Å²) in [6.07, 6.45) is 5.68. The average molecular weight is 330 g/mol. The van der Waals surface area contributed by atoms with Gasteiger partial charge in [-0.3, -0.25) is 4.79 Å². The Bertz CT molecular complexity index is 685. The van der Waals surface area contributed by atoms with Crippen LogP contribution in [0, 0.1) is 11.8 Å². The quantitative estimate of drug-likeness (QED) is 0.848. The largest absolute Gasteiger partial charge is 0.379 e. The van der Waals surface area contributed by atoms with Gasteiger partial charge in [-0.15, -0.1) is 11.8 Å². The van der Waals surface area contributed by atoms with Gasteiger partial charge in [0.1, 0.15) is 17.3 Å². The lowest BCUT2D eigenvalue weighted by molar-refractivity contribution is -0.131. The highest BCUT2D eigenvalue weighted by Crippen LogP contribution is 2.45. The Kier molecular flexibility index (Phi) is 4.37. The summed E-state index contributed by atoms with van der Waals surface area (Å²) >= 11 is 1.26. The number of Topliss-reactive ketones (excluding diaryl/α,β-unsaturated/α-hetero) is 1. The van der Waals surface area contributed by atoms with E-state index in [9.17, 15) is 14.7 Å². The average Bonchev–Trinajstić information content (AvgIpc) is 3.16. The molecule has 1 saturated heterocycles.